The predicted molar refractivity (Wildman–Crippen MR) is 65.5 cm³/mol. The summed E-state index contributed by atoms with van der Waals surface area (Å²) in [5, 5.41) is 7.68. The molecule has 2 rings (SSSR count). The van der Waals surface area contributed by atoms with E-state index in [0.29, 0.717) is 12.0 Å². The zero-order valence-electron chi connectivity index (χ0n) is 9.44. The van der Waals surface area contributed by atoms with Crippen LogP contribution in [0, 0.1) is 0 Å². The van der Waals surface area contributed by atoms with E-state index in [1.165, 1.54) is 23.5 Å². The van der Waals surface area contributed by atoms with Crippen LogP contribution >= 0.6 is 11.8 Å². The highest BCUT2D eigenvalue weighted by molar-refractivity contribution is 7.99. The molecule has 1 N–H and O–H groups in total. The van der Waals surface area contributed by atoms with Crippen molar-refractivity contribution in [3.63, 3.8) is 0 Å². The summed E-state index contributed by atoms with van der Waals surface area (Å²) in [6.07, 6.45) is 5.51. The van der Waals surface area contributed by atoms with Crippen molar-refractivity contribution in [3.8, 4) is 0 Å². The van der Waals surface area contributed by atoms with Crippen LogP contribution in [0.4, 0.5) is 0 Å². The van der Waals surface area contributed by atoms with E-state index in [9.17, 15) is 0 Å². The van der Waals surface area contributed by atoms with Crippen LogP contribution in [0.3, 0.4) is 0 Å². The van der Waals surface area contributed by atoms with Gasteiger partial charge in [0.25, 0.3) is 0 Å². The fourth-order valence-electron chi connectivity index (χ4n) is 1.96. The molecule has 2 atom stereocenters. The zero-order valence-corrected chi connectivity index (χ0v) is 10.3. The lowest BCUT2D eigenvalue weighted by molar-refractivity contribution is 0.501. The molecule has 0 bridgehead atoms. The van der Waals surface area contributed by atoms with Crippen molar-refractivity contribution in [1.29, 1.82) is 0 Å². The van der Waals surface area contributed by atoms with E-state index in [4.69, 9.17) is 0 Å². The van der Waals surface area contributed by atoms with E-state index in [2.05, 4.69) is 28.2 Å². The first-order valence-electron chi connectivity index (χ1n) is 5.57. The number of thioether (sulfide) groups is 1. The van der Waals surface area contributed by atoms with E-state index >= 15 is 0 Å². The second-order valence-electron chi connectivity index (χ2n) is 4.23. The van der Waals surface area contributed by atoms with E-state index in [1.807, 2.05) is 25.0 Å². The Morgan fingerprint density at radius 3 is 3.27 bits per heavy atom. The minimum absolute atomic E-state index is 0.554. The fourth-order valence-corrected chi connectivity index (χ4v) is 3.16. The van der Waals surface area contributed by atoms with Crippen LogP contribution in [0.5, 0.6) is 0 Å². The Hall–Kier alpha value is -0.480. The molecule has 1 aromatic heterocycles. The van der Waals surface area contributed by atoms with Crippen molar-refractivity contribution in [3.05, 3.63) is 18.0 Å². The zero-order chi connectivity index (χ0) is 10.7. The van der Waals surface area contributed by atoms with Gasteiger partial charge in [0.15, 0.2) is 0 Å². The SMILES string of the molecule is CNCC(C)c1cnn(C2CCSC2)c1. The molecule has 2 unspecified atom stereocenters. The maximum absolute atomic E-state index is 4.48. The molecule has 0 radical (unpaired) electrons. The van der Waals surface area contributed by atoms with Crippen LogP contribution in [0.2, 0.25) is 0 Å². The quantitative estimate of drug-likeness (QED) is 0.848. The second-order valence-corrected chi connectivity index (χ2v) is 5.38. The van der Waals surface area contributed by atoms with Gasteiger partial charge in [-0.05, 0) is 30.7 Å². The number of rotatable bonds is 4. The van der Waals surface area contributed by atoms with Gasteiger partial charge < -0.3 is 5.32 Å². The molecule has 15 heavy (non-hydrogen) atoms. The van der Waals surface area contributed by atoms with Crippen molar-refractivity contribution in [2.45, 2.75) is 25.3 Å². The molecule has 0 saturated carbocycles. The third-order valence-corrected chi connectivity index (χ3v) is 4.13. The summed E-state index contributed by atoms with van der Waals surface area (Å²) in [5.74, 6) is 3.06. The minimum Gasteiger partial charge on any atom is -0.319 e. The minimum atomic E-state index is 0.554. The Morgan fingerprint density at radius 1 is 1.73 bits per heavy atom. The Bertz CT molecular complexity index is 305. The average Bonchev–Trinajstić information content (AvgIpc) is 2.89. The molecule has 4 heteroatoms. The lowest BCUT2D eigenvalue weighted by Gasteiger charge is -2.09. The summed E-state index contributed by atoms with van der Waals surface area (Å²) in [6, 6.07) is 0.630. The van der Waals surface area contributed by atoms with Crippen LogP contribution < -0.4 is 5.32 Å². The number of aromatic nitrogens is 2. The van der Waals surface area contributed by atoms with Crippen molar-refractivity contribution in [1.82, 2.24) is 15.1 Å². The molecule has 84 valence electrons. The standard InChI is InChI=1S/C11H19N3S/c1-9(5-12-2)10-6-13-14(7-10)11-3-4-15-8-11/h6-7,9,11-12H,3-5,8H2,1-2H3. The van der Waals surface area contributed by atoms with Crippen LogP contribution in [0.1, 0.15) is 30.9 Å². The highest BCUT2D eigenvalue weighted by atomic mass is 32.2. The summed E-state index contributed by atoms with van der Waals surface area (Å²) >= 11 is 2.03. The van der Waals surface area contributed by atoms with Gasteiger partial charge in [-0.1, -0.05) is 6.92 Å². The van der Waals surface area contributed by atoms with Crippen molar-refractivity contribution < 1.29 is 0 Å². The van der Waals surface area contributed by atoms with Gasteiger partial charge in [-0.3, -0.25) is 4.68 Å². The molecule has 1 saturated heterocycles. The molecule has 0 aliphatic carbocycles. The van der Waals surface area contributed by atoms with E-state index < -0.39 is 0 Å². The molecule has 1 aliphatic heterocycles. The Kier molecular flexibility index (Phi) is 3.70. The van der Waals surface area contributed by atoms with Gasteiger partial charge in [-0.25, -0.2) is 0 Å². The normalized spacial score (nSPS) is 23.2. The number of nitrogens with one attached hydrogen (secondary N) is 1. The Labute approximate surface area is 95.6 Å². The fraction of sp³-hybridized carbons (Fsp3) is 0.727. The second kappa shape index (κ2) is 5.03. The van der Waals surface area contributed by atoms with Crippen molar-refractivity contribution >= 4 is 11.8 Å². The molecule has 0 amide bonds. The average molecular weight is 225 g/mol. The molecular formula is C11H19N3S. The first-order chi connectivity index (χ1) is 7.31. The molecule has 3 nitrogen and oxygen atoms in total. The Morgan fingerprint density at radius 2 is 2.60 bits per heavy atom. The van der Waals surface area contributed by atoms with E-state index in [1.54, 1.807) is 0 Å². The van der Waals surface area contributed by atoms with Gasteiger partial charge in [0.1, 0.15) is 0 Å². The highest BCUT2D eigenvalue weighted by Crippen LogP contribution is 2.28. The lowest BCUT2D eigenvalue weighted by atomic mass is 10.1. The van der Waals surface area contributed by atoms with Gasteiger partial charge in [0, 0.05) is 18.5 Å². The van der Waals surface area contributed by atoms with E-state index in [-0.39, 0.29) is 0 Å². The molecular weight excluding hydrogens is 206 g/mol. The van der Waals surface area contributed by atoms with Gasteiger partial charge in [0.2, 0.25) is 0 Å². The topological polar surface area (TPSA) is 29.9 Å². The van der Waals surface area contributed by atoms with Gasteiger partial charge in [-0.2, -0.15) is 16.9 Å². The monoisotopic (exact) mass is 225 g/mol. The summed E-state index contributed by atoms with van der Waals surface area (Å²) in [5.41, 5.74) is 1.35. The number of hydrogen-bond donors (Lipinski definition) is 1. The molecule has 2 heterocycles. The van der Waals surface area contributed by atoms with Crippen molar-refractivity contribution in [2.75, 3.05) is 25.1 Å². The summed E-state index contributed by atoms with van der Waals surface area (Å²) < 4.78 is 2.15. The van der Waals surface area contributed by atoms with Gasteiger partial charge >= 0.3 is 0 Å². The number of nitrogens with zero attached hydrogens (tertiary/aromatic N) is 2. The maximum Gasteiger partial charge on any atom is 0.0617 e. The highest BCUT2D eigenvalue weighted by Gasteiger charge is 2.18. The smallest absolute Gasteiger partial charge is 0.0617 e. The summed E-state index contributed by atoms with van der Waals surface area (Å²) in [4.78, 5) is 0. The first-order valence-corrected chi connectivity index (χ1v) is 6.73. The molecule has 1 aromatic rings. The molecule has 1 aliphatic rings. The summed E-state index contributed by atoms with van der Waals surface area (Å²) in [6.45, 7) is 3.26. The van der Waals surface area contributed by atoms with Crippen LogP contribution in [-0.2, 0) is 0 Å². The third-order valence-electron chi connectivity index (χ3n) is 2.98. The number of hydrogen-bond acceptors (Lipinski definition) is 3. The molecule has 1 fully saturated rings. The Balaban J connectivity index is 2.02. The van der Waals surface area contributed by atoms with Crippen LogP contribution in [0.15, 0.2) is 12.4 Å². The third kappa shape index (κ3) is 2.55. The van der Waals surface area contributed by atoms with E-state index in [0.717, 1.165) is 6.54 Å². The van der Waals surface area contributed by atoms with Gasteiger partial charge in [0.05, 0.1) is 12.2 Å². The number of likely N-dealkylation sites (N-methyl/N-ethyl adjacent to an activating group) is 1. The molecule has 0 aromatic carbocycles. The largest absolute Gasteiger partial charge is 0.319 e. The lowest BCUT2D eigenvalue weighted by Crippen LogP contribution is -2.14. The molecule has 0 spiro atoms. The predicted octanol–water partition coefficient (Wildman–Crippen LogP) is 1.88. The van der Waals surface area contributed by atoms with Crippen LogP contribution in [-0.4, -0.2) is 34.9 Å². The summed E-state index contributed by atoms with van der Waals surface area (Å²) in [7, 11) is 1.99. The van der Waals surface area contributed by atoms with Crippen LogP contribution in [0.25, 0.3) is 0 Å². The van der Waals surface area contributed by atoms with Gasteiger partial charge in [-0.15, -0.1) is 0 Å². The maximum atomic E-state index is 4.48. The van der Waals surface area contributed by atoms with Crippen molar-refractivity contribution in [2.24, 2.45) is 0 Å². The first kappa shape index (κ1) is 11.0.